The minimum Gasteiger partial charge on any atom is -0.456 e. The lowest BCUT2D eigenvalue weighted by atomic mass is 11.0. The summed E-state index contributed by atoms with van der Waals surface area (Å²) in [5.74, 6) is 0. The van der Waals surface area contributed by atoms with Crippen molar-refractivity contribution in [2.45, 2.75) is 45.7 Å². The van der Waals surface area contributed by atoms with Crippen LogP contribution in [0.1, 0.15) is 6.92 Å². The molecule has 0 saturated heterocycles. The van der Waals surface area contributed by atoms with Crippen molar-refractivity contribution in [2.24, 2.45) is 0 Å². The molecule has 5 heteroatoms. The van der Waals surface area contributed by atoms with Crippen LogP contribution >= 0.6 is 0 Å². The van der Waals surface area contributed by atoms with Gasteiger partial charge in [0, 0.05) is 0 Å². The van der Waals surface area contributed by atoms with Crippen LogP contribution in [0.2, 0.25) is 38.8 Å². The summed E-state index contributed by atoms with van der Waals surface area (Å²) in [4.78, 5) is 0. The standard InChI is InChI=1S/C8H23O2Si3/c1-7-11(2)13(6,8-9)10-12(3,4)5/h9H,7-8H2,1-6H3. The summed E-state index contributed by atoms with van der Waals surface area (Å²) >= 11 is 0. The van der Waals surface area contributed by atoms with E-state index in [1.807, 2.05) is 0 Å². The van der Waals surface area contributed by atoms with E-state index in [0.717, 1.165) is 0 Å². The highest BCUT2D eigenvalue weighted by molar-refractivity contribution is 7.30. The lowest BCUT2D eigenvalue weighted by Crippen LogP contribution is -2.57. The van der Waals surface area contributed by atoms with Crippen molar-refractivity contribution in [3.05, 3.63) is 0 Å². The Labute approximate surface area is 86.0 Å². The topological polar surface area (TPSA) is 29.5 Å². The highest BCUT2D eigenvalue weighted by atomic mass is 29.2. The zero-order chi connectivity index (χ0) is 10.7. The monoisotopic (exact) mass is 235 g/mol. The van der Waals surface area contributed by atoms with Crippen LogP contribution in [0.3, 0.4) is 0 Å². The summed E-state index contributed by atoms with van der Waals surface area (Å²) in [6, 6.07) is 1.21. The van der Waals surface area contributed by atoms with Crippen molar-refractivity contribution >= 4 is 24.5 Å². The Morgan fingerprint density at radius 3 is 1.92 bits per heavy atom. The highest BCUT2D eigenvalue weighted by Crippen LogP contribution is 2.18. The molecule has 0 amide bonds. The third kappa shape index (κ3) is 4.55. The highest BCUT2D eigenvalue weighted by Gasteiger charge is 2.38. The summed E-state index contributed by atoms with van der Waals surface area (Å²) in [6.07, 6.45) is 0.301. The molecule has 1 unspecified atom stereocenters. The summed E-state index contributed by atoms with van der Waals surface area (Å²) in [5.41, 5.74) is 0. The maximum absolute atomic E-state index is 9.43. The fraction of sp³-hybridized carbons (Fsp3) is 1.00. The lowest BCUT2D eigenvalue weighted by Gasteiger charge is -2.36. The molecule has 0 aromatic carbocycles. The Bertz CT molecular complexity index is 158. The SMILES string of the molecule is CC[Si](C)[Si](C)(CO)O[Si](C)(C)C. The first-order valence-electron chi connectivity index (χ1n) is 4.89. The summed E-state index contributed by atoms with van der Waals surface area (Å²) in [7, 11) is -3.66. The molecule has 0 heterocycles. The molecule has 0 bridgehead atoms. The van der Waals surface area contributed by atoms with Crippen LogP contribution in [-0.4, -0.2) is 35.8 Å². The zero-order valence-corrected chi connectivity index (χ0v) is 12.8. The van der Waals surface area contributed by atoms with Gasteiger partial charge in [0.05, 0.1) is 14.5 Å². The molecule has 0 aliphatic rings. The molecule has 0 aromatic heterocycles. The third-order valence-corrected chi connectivity index (χ3v) is 17.9. The molecule has 0 aliphatic heterocycles. The van der Waals surface area contributed by atoms with Crippen molar-refractivity contribution in [1.29, 1.82) is 0 Å². The predicted molar refractivity (Wildman–Crippen MR) is 65.2 cm³/mol. The van der Waals surface area contributed by atoms with Gasteiger partial charge in [0.1, 0.15) is 0 Å². The average Bonchev–Trinajstić information content (AvgIpc) is 1.99. The van der Waals surface area contributed by atoms with E-state index in [1.54, 1.807) is 0 Å². The summed E-state index contributed by atoms with van der Waals surface area (Å²) < 4.78 is 6.20. The molecule has 0 aliphatic carbocycles. The molecule has 0 rings (SSSR count). The van der Waals surface area contributed by atoms with Crippen molar-refractivity contribution < 1.29 is 9.22 Å². The van der Waals surface area contributed by atoms with Gasteiger partial charge < -0.3 is 9.22 Å². The van der Waals surface area contributed by atoms with Gasteiger partial charge in [0.15, 0.2) is 16.2 Å². The van der Waals surface area contributed by atoms with Crippen LogP contribution < -0.4 is 0 Å². The van der Waals surface area contributed by atoms with Crippen LogP contribution in [0, 0.1) is 0 Å². The van der Waals surface area contributed by atoms with Crippen LogP contribution in [0.25, 0.3) is 0 Å². The minimum absolute atomic E-state index is 0.301. The smallest absolute Gasteiger partial charge is 0.185 e. The molecular weight excluding hydrogens is 212 g/mol. The second-order valence-corrected chi connectivity index (χ2v) is 20.6. The largest absolute Gasteiger partial charge is 0.456 e. The molecule has 13 heavy (non-hydrogen) atoms. The van der Waals surface area contributed by atoms with Crippen molar-refractivity contribution in [3.8, 4) is 0 Å². The van der Waals surface area contributed by atoms with E-state index in [9.17, 15) is 5.11 Å². The summed E-state index contributed by atoms with van der Waals surface area (Å²) in [6.45, 7) is 13.3. The summed E-state index contributed by atoms with van der Waals surface area (Å²) in [5, 5.41) is 9.43. The Kier molecular flexibility index (Phi) is 5.09. The Hall–Kier alpha value is 0.571. The lowest BCUT2D eigenvalue weighted by molar-refractivity contribution is 0.338. The van der Waals surface area contributed by atoms with Gasteiger partial charge in [-0.1, -0.05) is 19.5 Å². The van der Waals surface area contributed by atoms with Crippen molar-refractivity contribution in [1.82, 2.24) is 0 Å². The van der Waals surface area contributed by atoms with Crippen LogP contribution in [-0.2, 0) is 4.12 Å². The van der Waals surface area contributed by atoms with Crippen LogP contribution in [0.5, 0.6) is 0 Å². The van der Waals surface area contributed by atoms with Crippen molar-refractivity contribution in [3.63, 3.8) is 0 Å². The molecule has 1 radical (unpaired) electrons. The van der Waals surface area contributed by atoms with E-state index in [-0.39, 0.29) is 0 Å². The molecule has 1 N–H and O–H groups in total. The molecular formula is C8H23O2Si3. The van der Waals surface area contributed by atoms with Gasteiger partial charge >= 0.3 is 0 Å². The Morgan fingerprint density at radius 2 is 1.69 bits per heavy atom. The fourth-order valence-corrected chi connectivity index (χ4v) is 16.1. The average molecular weight is 236 g/mol. The van der Waals surface area contributed by atoms with E-state index in [0.29, 0.717) is 6.23 Å². The van der Waals surface area contributed by atoms with Gasteiger partial charge in [-0.3, -0.25) is 0 Å². The van der Waals surface area contributed by atoms with Gasteiger partial charge in [-0.25, -0.2) is 0 Å². The molecule has 2 nitrogen and oxygen atoms in total. The first-order chi connectivity index (χ1) is 5.75. The maximum Gasteiger partial charge on any atom is 0.185 e. The second-order valence-electron chi connectivity index (χ2n) is 4.74. The Morgan fingerprint density at radius 1 is 1.23 bits per heavy atom. The number of aliphatic hydroxyl groups excluding tert-OH is 1. The van der Waals surface area contributed by atoms with Gasteiger partial charge in [0.2, 0.25) is 0 Å². The number of rotatable bonds is 5. The molecule has 1 atom stereocenters. The van der Waals surface area contributed by atoms with Crippen LogP contribution in [0.4, 0.5) is 0 Å². The van der Waals surface area contributed by atoms with E-state index in [4.69, 9.17) is 4.12 Å². The molecule has 0 spiro atoms. The fourth-order valence-electron chi connectivity index (χ4n) is 1.30. The van der Waals surface area contributed by atoms with Gasteiger partial charge in [-0.15, -0.1) is 0 Å². The quantitative estimate of drug-likeness (QED) is 0.740. The normalized spacial score (nSPS) is 17.5. The predicted octanol–water partition coefficient (Wildman–Crippen LogP) is 2.17. The van der Waals surface area contributed by atoms with Crippen molar-refractivity contribution in [2.75, 3.05) is 6.23 Å². The molecule has 79 valence electrons. The third-order valence-electron chi connectivity index (χ3n) is 2.27. The zero-order valence-electron chi connectivity index (χ0n) is 9.77. The van der Waals surface area contributed by atoms with Gasteiger partial charge in [0.25, 0.3) is 0 Å². The van der Waals surface area contributed by atoms with Gasteiger partial charge in [-0.2, -0.15) is 0 Å². The molecule has 0 aromatic rings. The van der Waals surface area contributed by atoms with Crippen LogP contribution in [0.15, 0.2) is 0 Å². The van der Waals surface area contributed by atoms with E-state index >= 15 is 0 Å². The van der Waals surface area contributed by atoms with Gasteiger partial charge in [-0.05, 0) is 26.2 Å². The number of hydrogen-bond donors (Lipinski definition) is 1. The van der Waals surface area contributed by atoms with E-state index in [2.05, 4.69) is 39.7 Å². The number of aliphatic hydroxyl groups is 1. The molecule has 0 fully saturated rings. The van der Waals surface area contributed by atoms with E-state index in [1.165, 1.54) is 6.04 Å². The molecule has 0 saturated carbocycles. The minimum atomic E-state index is -1.74. The Balaban J connectivity index is 4.45. The first kappa shape index (κ1) is 13.6. The second kappa shape index (κ2) is 4.88. The number of hydrogen-bond acceptors (Lipinski definition) is 2. The maximum atomic E-state index is 9.43. The van der Waals surface area contributed by atoms with E-state index < -0.39 is 24.5 Å². The first-order valence-corrected chi connectivity index (χ1v) is 14.1.